The fraction of sp³-hybridized carbons (Fsp3) is 0.571. The van der Waals surface area contributed by atoms with E-state index in [-0.39, 0.29) is 0 Å². The maximum absolute atomic E-state index is 7.23. The van der Waals surface area contributed by atoms with E-state index < -0.39 is 0 Å². The molecule has 0 saturated carbocycles. The van der Waals surface area contributed by atoms with Crippen LogP contribution in [0.1, 0.15) is 153 Å². The minimum atomic E-state index is 0.469. The summed E-state index contributed by atoms with van der Waals surface area (Å²) in [5.41, 5.74) is 7.96. The molecule has 3 aromatic rings. The van der Waals surface area contributed by atoms with Crippen LogP contribution in [0.25, 0.3) is 11.4 Å². The Kier molecular flexibility index (Phi) is 12.0. The van der Waals surface area contributed by atoms with Crippen molar-refractivity contribution in [3.8, 4) is 11.4 Å². The van der Waals surface area contributed by atoms with E-state index in [2.05, 4.69) is 107 Å². The number of para-hydroxylation sites is 2. The monoisotopic (exact) mass is 569 g/mol. The fourth-order valence-corrected chi connectivity index (χ4v) is 7.11. The van der Waals surface area contributed by atoms with Crippen LogP contribution in [0, 0.1) is 0 Å². The summed E-state index contributed by atoms with van der Waals surface area (Å²) in [5, 5.41) is 1.19. The highest BCUT2D eigenvalue weighted by Crippen LogP contribution is 2.40. The fourth-order valence-electron chi connectivity index (χ4n) is 6.68. The molecule has 0 atom stereocenters. The van der Waals surface area contributed by atoms with Crippen molar-refractivity contribution in [2.75, 3.05) is 0 Å². The van der Waals surface area contributed by atoms with E-state index in [0.717, 1.165) is 51.4 Å². The second-order valence-electron chi connectivity index (χ2n) is 11.1. The maximum Gasteiger partial charge on any atom is 0.260 e. The van der Waals surface area contributed by atoms with Gasteiger partial charge in [0, 0.05) is 22.3 Å². The molecule has 2 aromatic carbocycles. The highest BCUT2D eigenvalue weighted by molar-refractivity contribution is 6.40. The lowest BCUT2D eigenvalue weighted by molar-refractivity contribution is -0.593. The number of aromatic nitrogens is 2. The van der Waals surface area contributed by atoms with Gasteiger partial charge in [-0.25, -0.2) is 0 Å². The summed E-state index contributed by atoms with van der Waals surface area (Å²) in [7, 11) is 0. The molecule has 0 radical (unpaired) electrons. The summed E-state index contributed by atoms with van der Waals surface area (Å²) < 4.78 is 4.40. The van der Waals surface area contributed by atoms with Crippen LogP contribution in [0.4, 0.5) is 0 Å². The van der Waals surface area contributed by atoms with E-state index in [1.807, 2.05) is 0 Å². The molecule has 0 amide bonds. The number of hydrogen-bond donors (Lipinski definition) is 0. The first-order valence-corrected chi connectivity index (χ1v) is 16.4. The first-order valence-electron chi connectivity index (χ1n) is 15.6. The van der Waals surface area contributed by atoms with Crippen molar-refractivity contribution < 1.29 is 4.57 Å². The zero-order chi connectivity index (χ0) is 28.7. The second-order valence-corrected chi connectivity index (χ2v) is 11.8. The van der Waals surface area contributed by atoms with Crippen molar-refractivity contribution in [1.29, 1.82) is 0 Å². The van der Waals surface area contributed by atoms with Crippen LogP contribution in [-0.2, 0) is 0 Å². The van der Waals surface area contributed by atoms with Crippen LogP contribution in [0.3, 0.4) is 0 Å². The summed E-state index contributed by atoms with van der Waals surface area (Å²) in [6.45, 7) is 18.3. The highest BCUT2D eigenvalue weighted by atomic mass is 35.5. The van der Waals surface area contributed by atoms with E-state index >= 15 is 0 Å². The van der Waals surface area contributed by atoms with E-state index in [1.165, 1.54) is 33.6 Å². The molecule has 214 valence electrons. The summed E-state index contributed by atoms with van der Waals surface area (Å²) in [6, 6.07) is 13.7. The van der Waals surface area contributed by atoms with Gasteiger partial charge in [-0.05, 0) is 98.2 Å². The van der Waals surface area contributed by atoms with Crippen LogP contribution in [0.15, 0.2) is 42.7 Å². The third-order valence-electron chi connectivity index (χ3n) is 9.20. The number of hydrogen-bond acceptors (Lipinski definition) is 0. The van der Waals surface area contributed by atoms with Gasteiger partial charge in [0.15, 0.2) is 0 Å². The van der Waals surface area contributed by atoms with E-state index in [9.17, 15) is 0 Å². The Bertz CT molecular complexity index is 1040. The Morgan fingerprint density at radius 1 is 0.564 bits per heavy atom. The summed E-state index contributed by atoms with van der Waals surface area (Å²) in [5.74, 6) is 1.88. The molecule has 0 unspecified atom stereocenters. The van der Waals surface area contributed by atoms with Gasteiger partial charge < -0.3 is 0 Å². The first-order chi connectivity index (χ1) is 18.9. The molecule has 0 aliphatic rings. The molecular formula is C35H51Cl2N2+. The lowest BCUT2D eigenvalue weighted by atomic mass is 9.85. The second kappa shape index (κ2) is 14.7. The van der Waals surface area contributed by atoms with E-state index in [4.69, 9.17) is 23.2 Å². The molecule has 0 fully saturated rings. The normalized spacial score (nSPS) is 12.1. The third kappa shape index (κ3) is 6.28. The average molecular weight is 571 g/mol. The smallest absolute Gasteiger partial charge is 0.183 e. The molecule has 4 heteroatoms. The van der Waals surface area contributed by atoms with Crippen molar-refractivity contribution in [2.24, 2.45) is 0 Å². The lowest BCUT2D eigenvalue weighted by Crippen LogP contribution is -2.34. The molecule has 0 N–H and O–H groups in total. The molecule has 3 rings (SSSR count). The Morgan fingerprint density at radius 3 is 1.26 bits per heavy atom. The third-order valence-corrected chi connectivity index (χ3v) is 10.0. The molecule has 1 aromatic heterocycles. The zero-order valence-corrected chi connectivity index (χ0v) is 27.2. The van der Waals surface area contributed by atoms with Gasteiger partial charge in [0.25, 0.3) is 16.6 Å². The number of imidazole rings is 1. The zero-order valence-electron chi connectivity index (χ0n) is 25.7. The van der Waals surface area contributed by atoms with Crippen molar-refractivity contribution in [2.45, 2.75) is 130 Å². The summed E-state index contributed by atoms with van der Waals surface area (Å²) in [6.07, 6.45) is 11.0. The predicted molar refractivity (Wildman–Crippen MR) is 171 cm³/mol. The highest BCUT2D eigenvalue weighted by Gasteiger charge is 2.33. The predicted octanol–water partition coefficient (Wildman–Crippen LogP) is 11.7. The maximum atomic E-state index is 7.23. The minimum absolute atomic E-state index is 0.469. The molecular weight excluding hydrogens is 519 g/mol. The number of rotatable bonds is 14. The van der Waals surface area contributed by atoms with Crippen LogP contribution >= 0.6 is 23.2 Å². The Hall–Kier alpha value is -1.77. The van der Waals surface area contributed by atoms with Gasteiger partial charge in [0.05, 0.1) is 0 Å². The van der Waals surface area contributed by atoms with Gasteiger partial charge in [-0.1, -0.05) is 91.8 Å². The van der Waals surface area contributed by atoms with Crippen LogP contribution in [-0.4, -0.2) is 4.57 Å². The van der Waals surface area contributed by atoms with Gasteiger partial charge >= 0.3 is 0 Å². The Balaban J connectivity index is 2.43. The van der Waals surface area contributed by atoms with Crippen LogP contribution < -0.4 is 4.57 Å². The molecule has 1 heterocycles. The van der Waals surface area contributed by atoms with Gasteiger partial charge in [-0.2, -0.15) is 9.13 Å². The molecule has 2 nitrogen and oxygen atoms in total. The lowest BCUT2D eigenvalue weighted by Gasteiger charge is -2.22. The SMILES string of the molecule is CCC(CC)c1cccc(C(CC)CC)c1-n1c[n+](-c2c(C(CC)CC)cccc2C(CC)CC)c(Cl)c1Cl. The molecule has 0 bridgehead atoms. The molecule has 0 saturated heterocycles. The molecule has 0 aliphatic heterocycles. The van der Waals surface area contributed by atoms with Crippen LogP contribution in [0.2, 0.25) is 10.3 Å². The molecule has 0 spiro atoms. The van der Waals surface area contributed by atoms with Gasteiger partial charge in [0.1, 0.15) is 11.4 Å². The van der Waals surface area contributed by atoms with Gasteiger partial charge in [-0.3, -0.25) is 0 Å². The standard InChI is InChI=1S/C35H51Cl2N2/c1-9-24(10-2)28-19-17-20-29(25(11-3)12-4)32(28)38-23-39(35(37)34(38)36)33-30(26(13-5)14-6)21-18-22-31(33)27(15-7)16-8/h17-27H,9-16H2,1-8H3/q+1. The van der Waals surface area contributed by atoms with Crippen LogP contribution in [0.5, 0.6) is 0 Å². The number of benzene rings is 2. The van der Waals surface area contributed by atoms with E-state index in [1.54, 1.807) is 0 Å². The number of nitrogens with zero attached hydrogens (tertiary/aromatic N) is 2. The van der Waals surface area contributed by atoms with Crippen molar-refractivity contribution in [3.05, 3.63) is 75.3 Å². The largest absolute Gasteiger partial charge is 0.260 e. The van der Waals surface area contributed by atoms with Gasteiger partial charge in [0.2, 0.25) is 0 Å². The summed E-state index contributed by atoms with van der Waals surface area (Å²) in [4.78, 5) is 0. The first kappa shape index (κ1) is 31.8. The van der Waals surface area contributed by atoms with Crippen molar-refractivity contribution in [1.82, 2.24) is 4.57 Å². The average Bonchev–Trinajstić information content (AvgIpc) is 3.25. The van der Waals surface area contributed by atoms with Crippen molar-refractivity contribution in [3.63, 3.8) is 0 Å². The minimum Gasteiger partial charge on any atom is -0.183 e. The Labute approximate surface area is 248 Å². The van der Waals surface area contributed by atoms with Crippen molar-refractivity contribution >= 4 is 23.2 Å². The Morgan fingerprint density at radius 2 is 0.897 bits per heavy atom. The summed E-state index contributed by atoms with van der Waals surface area (Å²) >= 11 is 14.5. The van der Waals surface area contributed by atoms with Gasteiger partial charge in [-0.15, -0.1) is 0 Å². The quantitative estimate of drug-likeness (QED) is 0.170. The molecule has 0 aliphatic carbocycles. The van der Waals surface area contributed by atoms with E-state index in [0.29, 0.717) is 34.0 Å². The topological polar surface area (TPSA) is 8.81 Å². The molecule has 39 heavy (non-hydrogen) atoms. The number of halogens is 2.